The first-order valence-electron chi connectivity index (χ1n) is 3.41. The van der Waals surface area contributed by atoms with Crippen molar-refractivity contribution in [3.63, 3.8) is 0 Å². The molecule has 0 aliphatic heterocycles. The van der Waals surface area contributed by atoms with Crippen LogP contribution in [-0.4, -0.2) is 17.4 Å². The molecule has 0 saturated heterocycles. The summed E-state index contributed by atoms with van der Waals surface area (Å²) in [6, 6.07) is 6.47. The van der Waals surface area contributed by atoms with Crippen LogP contribution < -0.4 is 5.32 Å². The van der Waals surface area contributed by atoms with Crippen molar-refractivity contribution in [3.05, 3.63) is 24.3 Å². The fourth-order valence-corrected chi connectivity index (χ4v) is 1.26. The minimum atomic E-state index is -0.110. The molecule has 0 atom stereocenters. The van der Waals surface area contributed by atoms with Crippen LogP contribution in [0.5, 0.6) is 5.75 Å². The number of phenolic OH excluding ortho intramolecular Hbond substituents is 1. The highest BCUT2D eigenvalue weighted by Crippen LogP contribution is 2.20. The number of amides is 1. The highest BCUT2D eigenvalue weighted by atomic mass is 32.2. The van der Waals surface area contributed by atoms with Gasteiger partial charge in [-0.05, 0) is 36.0 Å². The molecule has 3 nitrogen and oxygen atoms in total. The first-order chi connectivity index (χ1) is 5.72. The molecule has 1 amide bonds. The zero-order valence-electron chi connectivity index (χ0n) is 6.57. The van der Waals surface area contributed by atoms with E-state index in [4.69, 9.17) is 5.11 Å². The first-order valence-corrected chi connectivity index (χ1v) is 4.22. The smallest absolute Gasteiger partial charge is 0.283 e. The molecule has 0 unspecified atom stereocenters. The largest absolute Gasteiger partial charge is 0.508 e. The van der Waals surface area contributed by atoms with Crippen molar-refractivity contribution in [2.75, 3.05) is 7.05 Å². The average molecular weight is 183 g/mol. The third-order valence-corrected chi connectivity index (χ3v) is 2.15. The molecule has 1 aromatic rings. The highest BCUT2D eigenvalue weighted by molar-refractivity contribution is 8.13. The molecule has 12 heavy (non-hydrogen) atoms. The molecule has 0 saturated carbocycles. The van der Waals surface area contributed by atoms with Gasteiger partial charge >= 0.3 is 0 Å². The number of hydrogen-bond donors (Lipinski definition) is 2. The Hall–Kier alpha value is -1.16. The molecule has 0 fully saturated rings. The second kappa shape index (κ2) is 4.01. The van der Waals surface area contributed by atoms with E-state index in [1.807, 2.05) is 0 Å². The average Bonchev–Trinajstić information content (AvgIpc) is 2.09. The zero-order chi connectivity index (χ0) is 8.97. The van der Waals surface area contributed by atoms with Crippen LogP contribution in [0.15, 0.2) is 29.2 Å². The summed E-state index contributed by atoms with van der Waals surface area (Å²) >= 11 is 1.09. The van der Waals surface area contributed by atoms with Gasteiger partial charge in [-0.2, -0.15) is 0 Å². The van der Waals surface area contributed by atoms with E-state index >= 15 is 0 Å². The predicted octanol–water partition coefficient (Wildman–Crippen LogP) is 1.82. The van der Waals surface area contributed by atoms with E-state index in [9.17, 15) is 4.79 Å². The molecule has 0 spiro atoms. The quantitative estimate of drug-likeness (QED) is 0.653. The van der Waals surface area contributed by atoms with E-state index in [0.29, 0.717) is 0 Å². The van der Waals surface area contributed by atoms with Gasteiger partial charge in [0.2, 0.25) is 0 Å². The Morgan fingerprint density at radius 1 is 1.42 bits per heavy atom. The van der Waals surface area contributed by atoms with Gasteiger partial charge in [0.15, 0.2) is 0 Å². The van der Waals surface area contributed by atoms with Crippen LogP contribution in [0.1, 0.15) is 0 Å². The lowest BCUT2D eigenvalue weighted by Gasteiger charge is -1.98. The van der Waals surface area contributed by atoms with E-state index in [1.54, 1.807) is 31.3 Å². The lowest BCUT2D eigenvalue weighted by Crippen LogP contribution is -2.10. The first kappa shape index (κ1) is 8.93. The number of carbonyl (C=O) groups is 1. The van der Waals surface area contributed by atoms with Gasteiger partial charge in [0.1, 0.15) is 5.75 Å². The van der Waals surface area contributed by atoms with E-state index in [2.05, 4.69) is 5.32 Å². The Morgan fingerprint density at radius 2 is 2.00 bits per heavy atom. The fourth-order valence-electron chi connectivity index (χ4n) is 0.672. The summed E-state index contributed by atoms with van der Waals surface area (Å²) in [6.07, 6.45) is 0. The van der Waals surface area contributed by atoms with Gasteiger partial charge in [-0.3, -0.25) is 4.79 Å². The molecule has 0 radical (unpaired) electrons. The van der Waals surface area contributed by atoms with Crippen LogP contribution in [0.2, 0.25) is 0 Å². The number of thioether (sulfide) groups is 1. The molecule has 0 aliphatic rings. The van der Waals surface area contributed by atoms with Gasteiger partial charge in [-0.15, -0.1) is 0 Å². The van der Waals surface area contributed by atoms with Crippen LogP contribution in [0.25, 0.3) is 0 Å². The molecule has 2 N–H and O–H groups in total. The van der Waals surface area contributed by atoms with Crippen LogP contribution in [0, 0.1) is 0 Å². The van der Waals surface area contributed by atoms with Gasteiger partial charge in [0.25, 0.3) is 5.24 Å². The Morgan fingerprint density at radius 3 is 2.50 bits per heavy atom. The van der Waals surface area contributed by atoms with Crippen LogP contribution >= 0.6 is 11.8 Å². The number of hydrogen-bond acceptors (Lipinski definition) is 3. The van der Waals surface area contributed by atoms with Gasteiger partial charge in [0, 0.05) is 11.9 Å². The second-order valence-corrected chi connectivity index (χ2v) is 3.18. The topological polar surface area (TPSA) is 49.3 Å². The number of phenols is 1. The van der Waals surface area contributed by atoms with Crippen molar-refractivity contribution in [1.82, 2.24) is 5.32 Å². The summed E-state index contributed by atoms with van der Waals surface area (Å²) in [7, 11) is 1.58. The molecule has 0 aromatic heterocycles. The van der Waals surface area contributed by atoms with Crippen LogP contribution in [-0.2, 0) is 0 Å². The molecule has 0 bridgehead atoms. The van der Waals surface area contributed by atoms with Crippen LogP contribution in [0.4, 0.5) is 4.79 Å². The van der Waals surface area contributed by atoms with E-state index < -0.39 is 0 Å². The lowest BCUT2D eigenvalue weighted by molar-refractivity contribution is 0.262. The molecule has 0 heterocycles. The van der Waals surface area contributed by atoms with Crippen molar-refractivity contribution >= 4 is 17.0 Å². The zero-order valence-corrected chi connectivity index (χ0v) is 7.39. The maximum Gasteiger partial charge on any atom is 0.283 e. The third kappa shape index (κ3) is 2.47. The monoisotopic (exact) mass is 183 g/mol. The molecule has 1 rings (SSSR count). The summed E-state index contributed by atoms with van der Waals surface area (Å²) in [5.41, 5.74) is 0. The number of carbonyl (C=O) groups excluding carboxylic acids is 1. The van der Waals surface area contributed by atoms with Crippen molar-refractivity contribution in [2.45, 2.75) is 4.90 Å². The SMILES string of the molecule is CNC(=O)Sc1ccc(O)cc1. The second-order valence-electron chi connectivity index (χ2n) is 2.13. The Kier molecular flexibility index (Phi) is 2.99. The maximum atomic E-state index is 10.9. The lowest BCUT2D eigenvalue weighted by atomic mass is 10.3. The molecular weight excluding hydrogens is 174 g/mol. The van der Waals surface area contributed by atoms with Crippen molar-refractivity contribution in [1.29, 1.82) is 0 Å². The van der Waals surface area contributed by atoms with Crippen LogP contribution in [0.3, 0.4) is 0 Å². The van der Waals surface area contributed by atoms with Crippen molar-refractivity contribution < 1.29 is 9.90 Å². The Balaban J connectivity index is 2.64. The molecule has 1 aromatic carbocycles. The van der Waals surface area contributed by atoms with E-state index in [-0.39, 0.29) is 11.0 Å². The Labute approximate surface area is 74.8 Å². The third-order valence-electron chi connectivity index (χ3n) is 1.25. The Bertz CT molecular complexity index is 271. The summed E-state index contributed by atoms with van der Waals surface area (Å²) in [4.78, 5) is 11.7. The van der Waals surface area contributed by atoms with Gasteiger partial charge in [-0.1, -0.05) is 0 Å². The maximum absolute atomic E-state index is 10.9. The molecule has 0 aliphatic carbocycles. The number of nitrogens with one attached hydrogen (secondary N) is 1. The highest BCUT2D eigenvalue weighted by Gasteiger charge is 2.00. The summed E-state index contributed by atoms with van der Waals surface area (Å²) in [5, 5.41) is 11.3. The predicted molar refractivity (Wildman–Crippen MR) is 48.4 cm³/mol. The minimum Gasteiger partial charge on any atom is -0.508 e. The summed E-state index contributed by atoms with van der Waals surface area (Å²) in [6.45, 7) is 0. The normalized spacial score (nSPS) is 9.42. The van der Waals surface area contributed by atoms with Crippen molar-refractivity contribution in [2.24, 2.45) is 0 Å². The molecule has 64 valence electrons. The van der Waals surface area contributed by atoms with E-state index in [1.165, 1.54) is 0 Å². The summed E-state index contributed by atoms with van der Waals surface area (Å²) < 4.78 is 0. The summed E-state index contributed by atoms with van der Waals surface area (Å²) in [5.74, 6) is 0.205. The van der Waals surface area contributed by atoms with Crippen molar-refractivity contribution in [3.8, 4) is 5.75 Å². The number of rotatable bonds is 1. The fraction of sp³-hybridized carbons (Fsp3) is 0.125. The van der Waals surface area contributed by atoms with Gasteiger partial charge in [0.05, 0.1) is 0 Å². The molecule has 4 heteroatoms. The van der Waals surface area contributed by atoms with E-state index in [0.717, 1.165) is 16.7 Å². The molecular formula is C8H9NO2S. The van der Waals surface area contributed by atoms with Gasteiger partial charge < -0.3 is 10.4 Å². The minimum absolute atomic E-state index is 0.110. The standard InChI is InChI=1S/C8H9NO2S/c1-9-8(11)12-7-4-2-6(10)3-5-7/h2-5,10H,1H3,(H,9,11). The number of benzene rings is 1. The number of aromatic hydroxyl groups is 1. The van der Waals surface area contributed by atoms with Gasteiger partial charge in [-0.25, -0.2) is 0 Å².